The van der Waals surface area contributed by atoms with E-state index in [9.17, 15) is 0 Å². The van der Waals surface area contributed by atoms with Crippen molar-refractivity contribution in [2.24, 2.45) is 0 Å². The highest BCUT2D eigenvalue weighted by atomic mass is 15.0. The molecule has 2 aliphatic carbocycles. The van der Waals surface area contributed by atoms with Crippen molar-refractivity contribution in [1.29, 1.82) is 0 Å². The standard InChI is InChI=1S/C33H21N/c1-2-8-23-19(6-1)16-20-12-14-25-27(31(20)23)17-21-13-15-30-28(32(21)25)18-22-7-5-10-26-24-9-3-4-11-29(24)34(30)33(22)26/h1-15H,16-18H2. The van der Waals surface area contributed by atoms with Crippen molar-refractivity contribution in [3.63, 3.8) is 0 Å². The van der Waals surface area contributed by atoms with Crippen LogP contribution in [-0.2, 0) is 19.3 Å². The van der Waals surface area contributed by atoms with Gasteiger partial charge in [0.2, 0.25) is 0 Å². The number of hydrogen-bond acceptors (Lipinski definition) is 0. The van der Waals surface area contributed by atoms with E-state index in [0.29, 0.717) is 0 Å². The molecule has 0 saturated heterocycles. The highest BCUT2D eigenvalue weighted by molar-refractivity contribution is 6.11. The lowest BCUT2D eigenvalue weighted by Gasteiger charge is -2.23. The molecule has 3 aliphatic rings. The van der Waals surface area contributed by atoms with E-state index in [0.717, 1.165) is 19.3 Å². The lowest BCUT2D eigenvalue weighted by atomic mass is 9.89. The number of aromatic nitrogens is 1. The number of fused-ring (bicyclic) bond motifs is 13. The molecule has 0 unspecified atom stereocenters. The third-order valence-corrected chi connectivity index (χ3v) is 8.46. The van der Waals surface area contributed by atoms with Gasteiger partial charge in [0, 0.05) is 17.2 Å². The maximum absolute atomic E-state index is 2.53. The van der Waals surface area contributed by atoms with Gasteiger partial charge < -0.3 is 4.57 Å². The Bertz CT molecular complexity index is 1880. The molecule has 0 bridgehead atoms. The molecule has 1 aromatic heterocycles. The Balaban J connectivity index is 1.37. The fraction of sp³-hybridized carbons (Fsp3) is 0.0909. The van der Waals surface area contributed by atoms with E-state index in [4.69, 9.17) is 0 Å². The molecule has 158 valence electrons. The van der Waals surface area contributed by atoms with Crippen LogP contribution in [0.2, 0.25) is 0 Å². The van der Waals surface area contributed by atoms with E-state index in [-0.39, 0.29) is 0 Å². The smallest absolute Gasteiger partial charge is 0.0576 e. The number of nitrogens with zero attached hydrogens (tertiary/aromatic N) is 1. The summed E-state index contributed by atoms with van der Waals surface area (Å²) >= 11 is 0. The Morgan fingerprint density at radius 1 is 0.471 bits per heavy atom. The van der Waals surface area contributed by atoms with Gasteiger partial charge in [0.05, 0.1) is 16.7 Å². The molecule has 0 amide bonds. The van der Waals surface area contributed by atoms with Crippen LogP contribution in [0.5, 0.6) is 0 Å². The minimum atomic E-state index is 0.999. The van der Waals surface area contributed by atoms with Crippen LogP contribution in [0.15, 0.2) is 91.0 Å². The van der Waals surface area contributed by atoms with Gasteiger partial charge in [-0.15, -0.1) is 0 Å². The van der Waals surface area contributed by atoms with E-state index >= 15 is 0 Å². The predicted molar refractivity (Wildman–Crippen MR) is 140 cm³/mol. The summed E-state index contributed by atoms with van der Waals surface area (Å²) in [4.78, 5) is 0. The Hall–Kier alpha value is -4.10. The third-order valence-electron chi connectivity index (χ3n) is 8.46. The van der Waals surface area contributed by atoms with Gasteiger partial charge in [-0.1, -0.05) is 78.9 Å². The summed E-state index contributed by atoms with van der Waals surface area (Å²) in [7, 11) is 0. The first-order chi connectivity index (χ1) is 16.9. The highest BCUT2D eigenvalue weighted by Gasteiger charge is 2.32. The van der Waals surface area contributed by atoms with Crippen molar-refractivity contribution in [3.8, 4) is 27.9 Å². The van der Waals surface area contributed by atoms with E-state index < -0.39 is 0 Å². The molecular formula is C33H21N. The molecule has 1 heteroatoms. The minimum Gasteiger partial charge on any atom is -0.309 e. The quantitative estimate of drug-likeness (QED) is 0.231. The molecule has 0 saturated carbocycles. The summed E-state index contributed by atoms with van der Waals surface area (Å²) in [6.07, 6.45) is 3.10. The van der Waals surface area contributed by atoms with Crippen LogP contribution in [-0.4, -0.2) is 4.57 Å². The molecule has 0 spiro atoms. The minimum absolute atomic E-state index is 0.999. The third kappa shape index (κ3) is 1.94. The summed E-state index contributed by atoms with van der Waals surface area (Å²) in [6, 6.07) is 34.3. The molecule has 0 radical (unpaired) electrons. The van der Waals surface area contributed by atoms with E-state index in [2.05, 4.69) is 95.6 Å². The second-order valence-electron chi connectivity index (χ2n) is 10.1. The molecule has 34 heavy (non-hydrogen) atoms. The number of benzene rings is 5. The first-order valence-electron chi connectivity index (χ1n) is 12.3. The van der Waals surface area contributed by atoms with Crippen molar-refractivity contribution < 1.29 is 0 Å². The molecule has 0 atom stereocenters. The van der Waals surface area contributed by atoms with E-state index in [1.807, 2.05) is 0 Å². The Morgan fingerprint density at radius 2 is 1.21 bits per heavy atom. The molecule has 0 N–H and O–H groups in total. The van der Waals surface area contributed by atoms with Crippen LogP contribution in [0.1, 0.15) is 33.4 Å². The normalized spacial score (nSPS) is 14.1. The topological polar surface area (TPSA) is 4.93 Å². The summed E-state index contributed by atoms with van der Waals surface area (Å²) in [5.74, 6) is 0. The Labute approximate surface area is 197 Å². The first kappa shape index (κ1) is 17.4. The summed E-state index contributed by atoms with van der Waals surface area (Å²) < 4.78 is 2.53. The van der Waals surface area contributed by atoms with Crippen molar-refractivity contribution in [2.45, 2.75) is 19.3 Å². The zero-order chi connectivity index (χ0) is 22.0. The first-order valence-corrected chi connectivity index (χ1v) is 12.3. The zero-order valence-corrected chi connectivity index (χ0v) is 18.7. The average Bonchev–Trinajstić information content (AvgIpc) is 3.55. The number of hydrogen-bond donors (Lipinski definition) is 0. The van der Waals surface area contributed by atoms with Gasteiger partial charge >= 0.3 is 0 Å². The fourth-order valence-electron chi connectivity index (χ4n) is 7.14. The number of rotatable bonds is 0. The molecule has 2 heterocycles. The molecular weight excluding hydrogens is 410 g/mol. The second-order valence-corrected chi connectivity index (χ2v) is 10.1. The maximum Gasteiger partial charge on any atom is 0.0576 e. The van der Waals surface area contributed by atoms with Crippen molar-refractivity contribution in [2.75, 3.05) is 0 Å². The van der Waals surface area contributed by atoms with Crippen molar-refractivity contribution >= 4 is 21.8 Å². The van der Waals surface area contributed by atoms with E-state index in [1.165, 1.54) is 83.1 Å². The molecule has 1 aliphatic heterocycles. The van der Waals surface area contributed by atoms with Gasteiger partial charge in [-0.3, -0.25) is 0 Å². The van der Waals surface area contributed by atoms with Crippen LogP contribution >= 0.6 is 0 Å². The highest BCUT2D eigenvalue weighted by Crippen LogP contribution is 2.51. The number of para-hydroxylation sites is 2. The van der Waals surface area contributed by atoms with Crippen molar-refractivity contribution in [3.05, 3.63) is 124 Å². The zero-order valence-electron chi connectivity index (χ0n) is 18.7. The van der Waals surface area contributed by atoms with Gasteiger partial charge in [-0.05, 0) is 80.6 Å². The van der Waals surface area contributed by atoms with Gasteiger partial charge in [-0.2, -0.15) is 0 Å². The monoisotopic (exact) mass is 431 g/mol. The maximum atomic E-state index is 2.53. The fourth-order valence-corrected chi connectivity index (χ4v) is 7.14. The molecule has 1 nitrogen and oxygen atoms in total. The predicted octanol–water partition coefficient (Wildman–Crippen LogP) is 7.83. The Kier molecular flexibility index (Phi) is 3.00. The van der Waals surface area contributed by atoms with Gasteiger partial charge in [0.15, 0.2) is 0 Å². The van der Waals surface area contributed by atoms with Crippen LogP contribution in [0.3, 0.4) is 0 Å². The van der Waals surface area contributed by atoms with Crippen LogP contribution in [0, 0.1) is 0 Å². The summed E-state index contributed by atoms with van der Waals surface area (Å²) in [5, 5.41) is 2.72. The second kappa shape index (κ2) is 5.87. The largest absolute Gasteiger partial charge is 0.309 e. The van der Waals surface area contributed by atoms with Gasteiger partial charge in [0.25, 0.3) is 0 Å². The van der Waals surface area contributed by atoms with Crippen LogP contribution in [0.4, 0.5) is 0 Å². The van der Waals surface area contributed by atoms with Gasteiger partial charge in [-0.25, -0.2) is 0 Å². The Morgan fingerprint density at radius 3 is 2.21 bits per heavy atom. The lowest BCUT2D eigenvalue weighted by molar-refractivity contribution is 1.04. The van der Waals surface area contributed by atoms with Crippen LogP contribution < -0.4 is 0 Å². The molecule has 0 fully saturated rings. The molecule has 5 aromatic carbocycles. The lowest BCUT2D eigenvalue weighted by Crippen LogP contribution is -2.09. The van der Waals surface area contributed by atoms with Gasteiger partial charge in [0.1, 0.15) is 0 Å². The molecule has 6 aromatic rings. The SMILES string of the molecule is c1ccc2c(c1)Cc1ccc3c(c1-2)Cc1ccc2c(c1-3)Cc1cccc3c4ccccc4n-2c13. The molecule has 9 rings (SSSR count). The van der Waals surface area contributed by atoms with Crippen molar-refractivity contribution in [1.82, 2.24) is 4.57 Å². The summed E-state index contributed by atoms with van der Waals surface area (Å²) in [6.45, 7) is 0. The van der Waals surface area contributed by atoms with Crippen LogP contribution in [0.25, 0.3) is 49.7 Å². The average molecular weight is 432 g/mol. The van der Waals surface area contributed by atoms with E-state index in [1.54, 1.807) is 0 Å². The summed E-state index contributed by atoms with van der Waals surface area (Å²) in [5.41, 5.74) is 18.9.